The van der Waals surface area contributed by atoms with Crippen molar-refractivity contribution < 1.29 is 75.5 Å². The third-order valence-electron chi connectivity index (χ3n) is 8.17. The van der Waals surface area contributed by atoms with Crippen molar-refractivity contribution in [1.82, 2.24) is 0 Å². The molecule has 1 heterocycles. The molecule has 0 saturated carbocycles. The maximum absolute atomic E-state index is 14.7. The standard InChI is InChI=1S/C35H41F11O7Si/c1-5-9-10-11-23-12-15-26(29(20-23)53-35(44,45)46)27-21-24-13-14-25(22-28(24)52-30(27)47)48-18-16-31(36,37)33(40,41)34(42,43)32(38,39)17-19-54(49-6-2,50-7-3)51-8-4/h12-15,20-22H,5-11,16-19H2,1-4H3. The summed E-state index contributed by atoms with van der Waals surface area (Å²) in [6, 6.07) is 7.29. The third-order valence-corrected chi connectivity index (χ3v) is 11.2. The van der Waals surface area contributed by atoms with Gasteiger partial charge < -0.3 is 27.2 Å². The number of aryl methyl sites for hydroxylation is 1. The fourth-order valence-electron chi connectivity index (χ4n) is 5.48. The first-order valence-corrected chi connectivity index (χ1v) is 19.0. The van der Waals surface area contributed by atoms with Crippen LogP contribution in [0.2, 0.25) is 6.04 Å². The van der Waals surface area contributed by atoms with Crippen molar-refractivity contribution >= 4 is 19.8 Å². The van der Waals surface area contributed by atoms with Crippen molar-refractivity contribution in [3.05, 3.63) is 58.4 Å². The van der Waals surface area contributed by atoms with Gasteiger partial charge in [-0.05, 0) is 63.4 Å². The molecular weight excluding hydrogens is 769 g/mol. The molecule has 0 bridgehead atoms. The number of fused-ring (bicyclic) bond motifs is 1. The highest BCUT2D eigenvalue weighted by Crippen LogP contribution is 2.55. The van der Waals surface area contributed by atoms with Gasteiger partial charge in [-0.15, -0.1) is 13.2 Å². The molecule has 3 rings (SSSR count). The Kier molecular flexibility index (Phi) is 15.0. The van der Waals surface area contributed by atoms with Gasteiger partial charge in [-0.2, -0.15) is 35.1 Å². The summed E-state index contributed by atoms with van der Waals surface area (Å²) in [6.07, 6.45) is -6.38. The zero-order valence-electron chi connectivity index (χ0n) is 29.8. The van der Waals surface area contributed by atoms with Gasteiger partial charge in [0, 0.05) is 49.3 Å². The Morgan fingerprint density at radius 3 is 1.83 bits per heavy atom. The molecule has 0 amide bonds. The van der Waals surface area contributed by atoms with E-state index in [1.54, 1.807) is 0 Å². The molecule has 0 N–H and O–H groups in total. The van der Waals surface area contributed by atoms with Crippen LogP contribution in [0.25, 0.3) is 22.1 Å². The predicted octanol–water partition coefficient (Wildman–Crippen LogP) is 10.8. The van der Waals surface area contributed by atoms with Crippen LogP contribution >= 0.6 is 0 Å². The summed E-state index contributed by atoms with van der Waals surface area (Å²) in [6.45, 7) is 4.41. The minimum atomic E-state index is -6.56. The maximum atomic E-state index is 14.7. The van der Waals surface area contributed by atoms with Crippen molar-refractivity contribution in [3.63, 3.8) is 0 Å². The Bertz CT molecular complexity index is 1710. The molecule has 0 atom stereocenters. The van der Waals surface area contributed by atoms with Crippen LogP contribution in [0.3, 0.4) is 0 Å². The molecule has 0 aliphatic rings. The van der Waals surface area contributed by atoms with Crippen LogP contribution in [0.4, 0.5) is 48.3 Å². The minimum Gasteiger partial charge on any atom is -0.493 e. The van der Waals surface area contributed by atoms with Crippen molar-refractivity contribution in [3.8, 4) is 22.6 Å². The second kappa shape index (κ2) is 18.0. The van der Waals surface area contributed by atoms with E-state index in [0.717, 1.165) is 31.0 Å². The highest BCUT2D eigenvalue weighted by Gasteiger charge is 2.80. The first kappa shape index (κ1) is 45.0. The van der Waals surface area contributed by atoms with E-state index in [1.165, 1.54) is 45.0 Å². The summed E-state index contributed by atoms with van der Waals surface area (Å²) in [7, 11) is -4.05. The van der Waals surface area contributed by atoms with Gasteiger partial charge in [0.25, 0.3) is 0 Å². The van der Waals surface area contributed by atoms with Crippen molar-refractivity contribution in [2.45, 2.75) is 102 Å². The average molecular weight is 811 g/mol. The Morgan fingerprint density at radius 1 is 0.685 bits per heavy atom. The number of hydrogen-bond acceptors (Lipinski definition) is 7. The van der Waals surface area contributed by atoms with E-state index < -0.39 is 75.7 Å². The molecule has 0 aliphatic carbocycles. The number of hydrogen-bond donors (Lipinski definition) is 0. The normalized spacial score (nSPS) is 13.5. The Balaban J connectivity index is 1.79. The molecular formula is C35H41F11O7Si. The lowest BCUT2D eigenvalue weighted by molar-refractivity contribution is -0.367. The molecule has 0 aliphatic heterocycles. The number of halogens is 11. The minimum absolute atomic E-state index is 0.103. The van der Waals surface area contributed by atoms with Crippen molar-refractivity contribution in [2.75, 3.05) is 26.4 Å². The van der Waals surface area contributed by atoms with Gasteiger partial charge in [0.2, 0.25) is 0 Å². The number of benzene rings is 2. The monoisotopic (exact) mass is 810 g/mol. The van der Waals surface area contributed by atoms with Gasteiger partial charge >= 0.3 is 44.5 Å². The second-order valence-corrected chi connectivity index (χ2v) is 14.9. The van der Waals surface area contributed by atoms with Crippen molar-refractivity contribution in [1.29, 1.82) is 0 Å². The summed E-state index contributed by atoms with van der Waals surface area (Å²) in [5.74, 6) is -25.5. The van der Waals surface area contributed by atoms with Gasteiger partial charge in [0.05, 0.1) is 18.6 Å². The summed E-state index contributed by atoms with van der Waals surface area (Å²) in [5.41, 5.74) is -1.44. The molecule has 19 heteroatoms. The average Bonchev–Trinajstić information content (AvgIpc) is 3.07. The van der Waals surface area contributed by atoms with Crippen molar-refractivity contribution in [2.24, 2.45) is 0 Å². The molecule has 7 nitrogen and oxygen atoms in total. The molecule has 0 radical (unpaired) electrons. The van der Waals surface area contributed by atoms with Crippen LogP contribution in [0.5, 0.6) is 11.5 Å². The first-order chi connectivity index (χ1) is 25.1. The highest BCUT2D eigenvalue weighted by molar-refractivity contribution is 6.60. The summed E-state index contributed by atoms with van der Waals surface area (Å²) in [4.78, 5) is 12.9. The Morgan fingerprint density at radius 2 is 1.28 bits per heavy atom. The fraction of sp³-hybridized carbons (Fsp3) is 0.571. The van der Waals surface area contributed by atoms with Crippen LogP contribution in [0.15, 0.2) is 51.7 Å². The van der Waals surface area contributed by atoms with Crippen LogP contribution in [-0.4, -0.2) is 65.3 Å². The van der Waals surface area contributed by atoms with E-state index in [0.29, 0.717) is 18.4 Å². The van der Waals surface area contributed by atoms with E-state index in [-0.39, 0.29) is 47.7 Å². The summed E-state index contributed by atoms with van der Waals surface area (Å²) < 4.78 is 187. The van der Waals surface area contributed by atoms with E-state index >= 15 is 0 Å². The Labute approximate surface area is 305 Å². The van der Waals surface area contributed by atoms with Crippen LogP contribution in [-0.2, 0) is 19.7 Å². The lowest BCUT2D eigenvalue weighted by atomic mass is 9.95. The largest absolute Gasteiger partial charge is 0.573 e. The zero-order chi connectivity index (χ0) is 40.6. The first-order valence-electron chi connectivity index (χ1n) is 17.1. The zero-order valence-corrected chi connectivity index (χ0v) is 30.8. The summed E-state index contributed by atoms with van der Waals surface area (Å²) in [5, 5.41) is 0.103. The number of alkyl halides is 11. The molecule has 0 saturated heterocycles. The molecule has 54 heavy (non-hydrogen) atoms. The fourth-order valence-corrected chi connectivity index (χ4v) is 8.11. The molecule has 1 aromatic heterocycles. The molecule has 3 aromatic rings. The van der Waals surface area contributed by atoms with Crippen LogP contribution < -0.4 is 15.1 Å². The second-order valence-electron chi connectivity index (χ2n) is 12.1. The molecule has 0 unspecified atom stereocenters. The predicted molar refractivity (Wildman–Crippen MR) is 178 cm³/mol. The van der Waals surface area contributed by atoms with Crippen LogP contribution in [0.1, 0.15) is 65.4 Å². The molecule has 0 fully saturated rings. The lowest BCUT2D eigenvalue weighted by Crippen LogP contribution is -2.62. The number of unbranched alkanes of at least 4 members (excludes halogenated alkanes) is 2. The number of ether oxygens (including phenoxy) is 2. The SMILES string of the molecule is CCCCCc1ccc(-c2cc3ccc(OCCC(F)(F)C(F)(F)C(F)(F)C(F)(F)CC[Si](OCC)(OCC)OCC)cc3oc2=O)c(OC(F)(F)F)c1. The van der Waals surface area contributed by atoms with E-state index in [2.05, 4.69) is 4.74 Å². The highest BCUT2D eigenvalue weighted by atomic mass is 28.4. The Hall–Kier alpha value is -3.42. The van der Waals surface area contributed by atoms with Gasteiger partial charge in [-0.1, -0.05) is 31.9 Å². The van der Waals surface area contributed by atoms with Gasteiger partial charge in [0.1, 0.15) is 17.1 Å². The van der Waals surface area contributed by atoms with E-state index in [9.17, 15) is 53.1 Å². The third kappa shape index (κ3) is 10.7. The quantitative estimate of drug-likeness (QED) is 0.0433. The van der Waals surface area contributed by atoms with E-state index in [4.69, 9.17) is 22.4 Å². The maximum Gasteiger partial charge on any atom is 0.573 e. The summed E-state index contributed by atoms with van der Waals surface area (Å²) >= 11 is 0. The smallest absolute Gasteiger partial charge is 0.493 e. The van der Waals surface area contributed by atoms with E-state index in [1.807, 2.05) is 6.92 Å². The number of rotatable bonds is 22. The van der Waals surface area contributed by atoms with Gasteiger partial charge in [-0.3, -0.25) is 0 Å². The molecule has 2 aromatic carbocycles. The van der Waals surface area contributed by atoms with Gasteiger partial charge in [0.15, 0.2) is 0 Å². The molecule has 304 valence electrons. The van der Waals surface area contributed by atoms with Gasteiger partial charge in [-0.25, -0.2) is 4.79 Å². The van der Waals surface area contributed by atoms with Crippen LogP contribution in [0, 0.1) is 0 Å². The lowest BCUT2D eigenvalue weighted by Gasteiger charge is -2.38. The molecule has 0 spiro atoms. The topological polar surface area (TPSA) is 76.4 Å².